The van der Waals surface area contributed by atoms with Crippen molar-refractivity contribution in [1.82, 2.24) is 4.98 Å². The number of fused-ring (bicyclic) bond motifs is 1. The fourth-order valence-corrected chi connectivity index (χ4v) is 2.80. The average Bonchev–Trinajstić information content (AvgIpc) is 2.67. The van der Waals surface area contributed by atoms with Crippen molar-refractivity contribution in [3.63, 3.8) is 0 Å². The maximum Gasteiger partial charge on any atom is 0.338 e. The summed E-state index contributed by atoms with van der Waals surface area (Å²) in [7, 11) is 1.35. The number of ether oxygens (including phenoxy) is 2. The fraction of sp³-hybridized carbons (Fsp3) is 0.190. The monoisotopic (exact) mass is 364 g/mol. The predicted octanol–water partition coefficient (Wildman–Crippen LogP) is 4.25. The number of carbonyl (C=O) groups excluding carboxylic acids is 2. The van der Waals surface area contributed by atoms with Gasteiger partial charge in [0.2, 0.25) is 0 Å². The molecule has 0 bridgehead atoms. The van der Waals surface area contributed by atoms with Gasteiger partial charge < -0.3 is 14.8 Å². The number of hydrogen-bond acceptors (Lipinski definition) is 6. The van der Waals surface area contributed by atoms with Gasteiger partial charge in [-0.2, -0.15) is 0 Å². The molecular formula is C21H20N2O4. The number of benzene rings is 2. The van der Waals surface area contributed by atoms with Crippen LogP contribution in [0.3, 0.4) is 0 Å². The van der Waals surface area contributed by atoms with E-state index >= 15 is 0 Å². The zero-order valence-corrected chi connectivity index (χ0v) is 15.4. The quantitative estimate of drug-likeness (QED) is 0.682. The molecule has 1 heterocycles. The third-order valence-corrected chi connectivity index (χ3v) is 4.01. The van der Waals surface area contributed by atoms with Crippen LogP contribution in [0.4, 0.5) is 11.4 Å². The molecule has 6 heteroatoms. The van der Waals surface area contributed by atoms with Crippen LogP contribution in [0, 0.1) is 6.92 Å². The number of rotatable bonds is 5. The van der Waals surface area contributed by atoms with Crippen LogP contribution in [-0.2, 0) is 9.47 Å². The lowest BCUT2D eigenvalue weighted by Crippen LogP contribution is -2.05. The Kier molecular flexibility index (Phi) is 5.35. The highest BCUT2D eigenvalue weighted by Crippen LogP contribution is 2.28. The minimum Gasteiger partial charge on any atom is -0.465 e. The van der Waals surface area contributed by atoms with E-state index in [0.717, 1.165) is 28.0 Å². The molecule has 0 aliphatic heterocycles. The summed E-state index contributed by atoms with van der Waals surface area (Å²) in [4.78, 5) is 28.3. The highest BCUT2D eigenvalue weighted by Gasteiger charge is 2.12. The molecule has 0 aliphatic rings. The van der Waals surface area contributed by atoms with E-state index in [1.54, 1.807) is 43.3 Å². The van der Waals surface area contributed by atoms with E-state index in [1.165, 1.54) is 7.11 Å². The van der Waals surface area contributed by atoms with Gasteiger partial charge in [-0.25, -0.2) is 9.59 Å². The molecule has 0 radical (unpaired) electrons. The molecule has 0 unspecified atom stereocenters. The molecule has 0 atom stereocenters. The normalized spacial score (nSPS) is 10.5. The van der Waals surface area contributed by atoms with Gasteiger partial charge in [0, 0.05) is 22.5 Å². The second kappa shape index (κ2) is 7.86. The van der Waals surface area contributed by atoms with Crippen molar-refractivity contribution in [3.05, 3.63) is 65.4 Å². The number of nitrogens with zero attached hydrogens (tertiary/aromatic N) is 1. The first kappa shape index (κ1) is 18.4. The minimum absolute atomic E-state index is 0.320. The second-order valence-electron chi connectivity index (χ2n) is 5.96. The molecule has 2 aromatic carbocycles. The number of aromatic nitrogens is 1. The summed E-state index contributed by atoms with van der Waals surface area (Å²) in [6.45, 7) is 3.99. The van der Waals surface area contributed by atoms with Crippen molar-refractivity contribution in [1.29, 1.82) is 0 Å². The van der Waals surface area contributed by atoms with Gasteiger partial charge >= 0.3 is 11.9 Å². The second-order valence-corrected chi connectivity index (χ2v) is 5.96. The lowest BCUT2D eigenvalue weighted by Gasteiger charge is -2.12. The molecule has 1 N–H and O–H groups in total. The van der Waals surface area contributed by atoms with E-state index < -0.39 is 5.97 Å². The van der Waals surface area contributed by atoms with Gasteiger partial charge in [0.25, 0.3) is 0 Å². The van der Waals surface area contributed by atoms with Crippen LogP contribution >= 0.6 is 0 Å². The number of pyridine rings is 1. The molecule has 3 rings (SSSR count). The third-order valence-electron chi connectivity index (χ3n) is 4.01. The highest BCUT2D eigenvalue weighted by atomic mass is 16.5. The maximum absolute atomic E-state index is 12.0. The van der Waals surface area contributed by atoms with Crippen LogP contribution < -0.4 is 5.32 Å². The summed E-state index contributed by atoms with van der Waals surface area (Å²) in [6, 6.07) is 14.2. The van der Waals surface area contributed by atoms with Crippen LogP contribution in [0.1, 0.15) is 33.3 Å². The van der Waals surface area contributed by atoms with Crippen LogP contribution in [0.25, 0.3) is 10.9 Å². The molecule has 3 aromatic rings. The van der Waals surface area contributed by atoms with E-state index in [-0.39, 0.29) is 5.97 Å². The Morgan fingerprint density at radius 3 is 2.56 bits per heavy atom. The summed E-state index contributed by atoms with van der Waals surface area (Å²) in [5.41, 5.74) is 4.01. The Balaban J connectivity index is 2.02. The SMILES string of the molecule is CCOC(=O)c1cccc(Nc2cc(C)nc3ccc(C(=O)OC)cc23)c1. The van der Waals surface area contributed by atoms with Crippen molar-refractivity contribution in [2.75, 3.05) is 19.0 Å². The lowest BCUT2D eigenvalue weighted by atomic mass is 10.1. The third kappa shape index (κ3) is 4.06. The van der Waals surface area contributed by atoms with Gasteiger partial charge in [-0.15, -0.1) is 0 Å². The lowest BCUT2D eigenvalue weighted by molar-refractivity contribution is 0.0525. The maximum atomic E-state index is 12.0. The summed E-state index contributed by atoms with van der Waals surface area (Å²) < 4.78 is 9.85. The van der Waals surface area contributed by atoms with Crippen molar-refractivity contribution in [3.8, 4) is 0 Å². The Bertz CT molecular complexity index is 1010. The molecular weight excluding hydrogens is 344 g/mol. The smallest absolute Gasteiger partial charge is 0.338 e. The van der Waals surface area contributed by atoms with Gasteiger partial charge in [0.05, 0.1) is 30.4 Å². The first-order chi connectivity index (χ1) is 13.0. The zero-order chi connectivity index (χ0) is 19.4. The van der Waals surface area contributed by atoms with Crippen molar-refractivity contribution in [2.45, 2.75) is 13.8 Å². The van der Waals surface area contributed by atoms with Crippen LogP contribution in [0.5, 0.6) is 0 Å². The molecule has 0 saturated heterocycles. The highest BCUT2D eigenvalue weighted by molar-refractivity contribution is 6.00. The average molecular weight is 364 g/mol. The zero-order valence-electron chi connectivity index (χ0n) is 15.4. The Morgan fingerprint density at radius 2 is 1.81 bits per heavy atom. The number of anilines is 2. The van der Waals surface area contributed by atoms with Gasteiger partial charge in [-0.3, -0.25) is 4.98 Å². The molecule has 6 nitrogen and oxygen atoms in total. The number of carbonyl (C=O) groups is 2. The van der Waals surface area contributed by atoms with Gasteiger partial charge in [0.1, 0.15) is 0 Å². The van der Waals surface area contributed by atoms with Gasteiger partial charge in [-0.05, 0) is 56.3 Å². The van der Waals surface area contributed by atoms with E-state index in [2.05, 4.69) is 10.3 Å². The van der Waals surface area contributed by atoms with E-state index in [1.807, 2.05) is 19.1 Å². The standard InChI is InChI=1S/C21H20N2O4/c1-4-27-21(25)14-6-5-7-16(11-14)23-19-10-13(2)22-18-9-8-15(12-17(18)19)20(24)26-3/h5-12H,4H2,1-3H3,(H,22,23). The first-order valence-corrected chi connectivity index (χ1v) is 8.55. The minimum atomic E-state index is -0.410. The summed E-state index contributed by atoms with van der Waals surface area (Å²) in [5.74, 6) is -0.780. The first-order valence-electron chi connectivity index (χ1n) is 8.55. The summed E-state index contributed by atoms with van der Waals surface area (Å²) >= 11 is 0. The largest absolute Gasteiger partial charge is 0.465 e. The number of nitrogens with one attached hydrogen (secondary N) is 1. The molecule has 0 aliphatic carbocycles. The van der Waals surface area contributed by atoms with Crippen molar-refractivity contribution in [2.24, 2.45) is 0 Å². The number of hydrogen-bond donors (Lipinski definition) is 1. The van der Waals surface area contributed by atoms with Gasteiger partial charge in [-0.1, -0.05) is 6.07 Å². The molecule has 0 saturated carbocycles. The van der Waals surface area contributed by atoms with Crippen LogP contribution in [0.2, 0.25) is 0 Å². The van der Waals surface area contributed by atoms with Crippen molar-refractivity contribution < 1.29 is 19.1 Å². The molecule has 0 spiro atoms. The molecule has 0 fully saturated rings. The molecule has 1 aromatic heterocycles. The fourth-order valence-electron chi connectivity index (χ4n) is 2.80. The molecule has 0 amide bonds. The number of aryl methyl sites for hydroxylation is 1. The van der Waals surface area contributed by atoms with E-state index in [9.17, 15) is 9.59 Å². The number of methoxy groups -OCH3 is 1. The molecule has 138 valence electrons. The topological polar surface area (TPSA) is 77.5 Å². The predicted molar refractivity (Wildman–Crippen MR) is 104 cm³/mol. The van der Waals surface area contributed by atoms with Crippen LogP contribution in [-0.4, -0.2) is 30.6 Å². The number of esters is 2. The van der Waals surface area contributed by atoms with Gasteiger partial charge in [0.15, 0.2) is 0 Å². The molecule has 27 heavy (non-hydrogen) atoms. The van der Waals surface area contributed by atoms with Crippen LogP contribution in [0.15, 0.2) is 48.5 Å². The Morgan fingerprint density at radius 1 is 1.04 bits per heavy atom. The Hall–Kier alpha value is -3.41. The summed E-state index contributed by atoms with van der Waals surface area (Å²) in [5, 5.41) is 4.09. The summed E-state index contributed by atoms with van der Waals surface area (Å²) in [6.07, 6.45) is 0. The van der Waals surface area contributed by atoms with Crippen molar-refractivity contribution >= 4 is 34.2 Å². The van der Waals surface area contributed by atoms with E-state index in [0.29, 0.717) is 17.7 Å². The van der Waals surface area contributed by atoms with E-state index in [4.69, 9.17) is 9.47 Å². The Labute approximate surface area is 157 Å².